The van der Waals surface area contributed by atoms with Gasteiger partial charge < -0.3 is 5.73 Å². The lowest BCUT2D eigenvalue weighted by atomic mass is 10.2. The van der Waals surface area contributed by atoms with Gasteiger partial charge in [-0.2, -0.15) is 4.31 Å². The van der Waals surface area contributed by atoms with E-state index in [1.54, 1.807) is 19.2 Å². The van der Waals surface area contributed by atoms with Gasteiger partial charge in [0.15, 0.2) is 0 Å². The number of likely N-dealkylation sites (N-methyl/N-ethyl adjacent to an activating group) is 2. The van der Waals surface area contributed by atoms with Crippen molar-refractivity contribution in [3.63, 3.8) is 0 Å². The van der Waals surface area contributed by atoms with Crippen LogP contribution in [0, 0.1) is 0 Å². The van der Waals surface area contributed by atoms with Crippen molar-refractivity contribution in [3.8, 4) is 0 Å². The van der Waals surface area contributed by atoms with Crippen LogP contribution in [0.4, 0.5) is 5.69 Å². The Bertz CT molecular complexity index is 606. The van der Waals surface area contributed by atoms with E-state index < -0.39 is 10.0 Å². The third-order valence-corrected chi connectivity index (χ3v) is 6.59. The van der Waals surface area contributed by atoms with Crippen LogP contribution in [0.25, 0.3) is 0 Å². The molecule has 0 aliphatic carbocycles. The minimum atomic E-state index is -3.49. The van der Waals surface area contributed by atoms with E-state index in [-0.39, 0.29) is 4.90 Å². The molecule has 7 heteroatoms. The van der Waals surface area contributed by atoms with Crippen LogP contribution in [0.1, 0.15) is 19.8 Å². The maximum Gasteiger partial charge on any atom is 0.242 e. The lowest BCUT2D eigenvalue weighted by Gasteiger charge is -2.27. The lowest BCUT2D eigenvalue weighted by molar-refractivity contribution is 0.237. The normalized spacial score (nSPS) is 20.3. The highest BCUT2D eigenvalue weighted by atomic mass is 79.9. The number of nitrogens with zero attached hydrogens (tertiary/aromatic N) is 2. The van der Waals surface area contributed by atoms with Gasteiger partial charge in [-0.3, -0.25) is 4.90 Å². The van der Waals surface area contributed by atoms with Crippen LogP contribution in [0.15, 0.2) is 27.6 Å². The molecule has 1 aromatic rings. The van der Waals surface area contributed by atoms with Gasteiger partial charge in [-0.25, -0.2) is 8.42 Å². The van der Waals surface area contributed by atoms with Crippen LogP contribution in [-0.2, 0) is 10.0 Å². The highest BCUT2D eigenvalue weighted by Gasteiger charge is 2.29. The molecular weight excluding hydrogens is 354 g/mol. The number of rotatable bonds is 5. The fourth-order valence-corrected chi connectivity index (χ4v) is 4.27. The molecule has 0 amide bonds. The van der Waals surface area contributed by atoms with Crippen LogP contribution < -0.4 is 5.73 Å². The summed E-state index contributed by atoms with van der Waals surface area (Å²) in [6.45, 7) is 4.65. The molecule has 21 heavy (non-hydrogen) atoms. The molecule has 1 unspecified atom stereocenters. The van der Waals surface area contributed by atoms with Crippen molar-refractivity contribution in [2.45, 2.75) is 30.7 Å². The molecule has 1 saturated heterocycles. The third-order valence-electron chi connectivity index (χ3n) is 4.05. The summed E-state index contributed by atoms with van der Waals surface area (Å²) in [4.78, 5) is 2.58. The Labute approximate surface area is 135 Å². The Kier molecular flexibility index (Phi) is 5.29. The first kappa shape index (κ1) is 16.7. The maximum atomic E-state index is 12.6. The molecule has 2 rings (SSSR count). The largest absolute Gasteiger partial charge is 0.398 e. The number of sulfonamides is 1. The Morgan fingerprint density at radius 1 is 1.48 bits per heavy atom. The molecular formula is C14H22BrN3O2S. The summed E-state index contributed by atoms with van der Waals surface area (Å²) < 4.78 is 27.4. The standard InChI is InChI=1S/C14H22BrN3O2S/c1-3-18-8-4-5-11(18)10-17(2)21(19,20)12-6-7-13(15)14(16)9-12/h6-7,9,11H,3-5,8,10,16H2,1-2H3. The van der Waals surface area contributed by atoms with Crippen molar-refractivity contribution in [3.05, 3.63) is 22.7 Å². The van der Waals surface area contributed by atoms with Crippen LogP contribution >= 0.6 is 15.9 Å². The molecule has 0 radical (unpaired) electrons. The quantitative estimate of drug-likeness (QED) is 0.800. The van der Waals surface area contributed by atoms with Crippen LogP contribution in [0.2, 0.25) is 0 Å². The van der Waals surface area contributed by atoms with Gasteiger partial charge >= 0.3 is 0 Å². The number of anilines is 1. The molecule has 5 nitrogen and oxygen atoms in total. The van der Waals surface area contributed by atoms with Crippen LogP contribution in [0.3, 0.4) is 0 Å². The van der Waals surface area contributed by atoms with E-state index in [1.165, 1.54) is 10.4 Å². The van der Waals surface area contributed by atoms with Crippen molar-refractivity contribution in [1.82, 2.24) is 9.21 Å². The number of likely N-dealkylation sites (tertiary alicyclic amines) is 1. The van der Waals surface area contributed by atoms with Crippen molar-refractivity contribution < 1.29 is 8.42 Å². The van der Waals surface area contributed by atoms with E-state index in [1.807, 2.05) is 0 Å². The van der Waals surface area contributed by atoms with Gasteiger partial charge in [-0.15, -0.1) is 0 Å². The van der Waals surface area contributed by atoms with Crippen LogP contribution in [0.5, 0.6) is 0 Å². The van der Waals surface area contributed by atoms with Crippen molar-refractivity contribution >= 4 is 31.6 Å². The van der Waals surface area contributed by atoms with Crippen molar-refractivity contribution in [1.29, 1.82) is 0 Å². The summed E-state index contributed by atoms with van der Waals surface area (Å²) in [6.07, 6.45) is 2.19. The molecule has 1 fully saturated rings. The van der Waals surface area contributed by atoms with Gasteiger partial charge in [-0.05, 0) is 60.1 Å². The van der Waals surface area contributed by atoms with Crippen molar-refractivity contribution in [2.75, 3.05) is 32.4 Å². The van der Waals surface area contributed by atoms with E-state index in [4.69, 9.17) is 5.73 Å². The third kappa shape index (κ3) is 3.59. The van der Waals surface area contributed by atoms with E-state index in [9.17, 15) is 8.42 Å². The van der Waals surface area contributed by atoms with Gasteiger partial charge in [0, 0.05) is 29.8 Å². The first-order valence-corrected chi connectivity index (χ1v) is 9.35. The predicted molar refractivity (Wildman–Crippen MR) is 88.6 cm³/mol. The molecule has 1 aliphatic heterocycles. The predicted octanol–water partition coefficient (Wildman–Crippen LogP) is 2.14. The average molecular weight is 376 g/mol. The number of benzene rings is 1. The molecule has 1 aliphatic rings. The van der Waals surface area contributed by atoms with Gasteiger partial charge in [0.05, 0.1) is 4.90 Å². The summed E-state index contributed by atoms with van der Waals surface area (Å²) in [5.74, 6) is 0. The SMILES string of the molecule is CCN1CCCC1CN(C)S(=O)(=O)c1ccc(Br)c(N)c1. The second-order valence-electron chi connectivity index (χ2n) is 5.39. The van der Waals surface area contributed by atoms with Gasteiger partial charge in [0.25, 0.3) is 0 Å². The highest BCUT2D eigenvalue weighted by molar-refractivity contribution is 9.10. The molecule has 1 heterocycles. The number of nitrogens with two attached hydrogens (primary N) is 1. The summed E-state index contributed by atoms with van der Waals surface area (Å²) in [7, 11) is -1.85. The summed E-state index contributed by atoms with van der Waals surface area (Å²) in [5.41, 5.74) is 6.22. The fraction of sp³-hybridized carbons (Fsp3) is 0.571. The minimum absolute atomic E-state index is 0.242. The average Bonchev–Trinajstić information content (AvgIpc) is 2.88. The van der Waals surface area contributed by atoms with E-state index in [0.717, 1.165) is 25.9 Å². The topological polar surface area (TPSA) is 66.6 Å². The number of hydrogen-bond acceptors (Lipinski definition) is 4. The van der Waals surface area contributed by atoms with E-state index in [2.05, 4.69) is 27.8 Å². The lowest BCUT2D eigenvalue weighted by Crippen LogP contribution is -2.41. The maximum absolute atomic E-state index is 12.6. The zero-order chi connectivity index (χ0) is 15.6. The zero-order valence-corrected chi connectivity index (χ0v) is 14.8. The Morgan fingerprint density at radius 2 is 2.19 bits per heavy atom. The zero-order valence-electron chi connectivity index (χ0n) is 12.4. The molecule has 1 aromatic carbocycles. The molecule has 0 bridgehead atoms. The Hall–Kier alpha value is -0.630. The second-order valence-corrected chi connectivity index (χ2v) is 8.29. The Morgan fingerprint density at radius 3 is 2.81 bits per heavy atom. The van der Waals surface area contributed by atoms with Gasteiger partial charge in [-0.1, -0.05) is 6.92 Å². The monoisotopic (exact) mass is 375 g/mol. The first-order chi connectivity index (χ1) is 9.86. The smallest absolute Gasteiger partial charge is 0.242 e. The molecule has 0 aromatic heterocycles. The molecule has 1 atom stereocenters. The minimum Gasteiger partial charge on any atom is -0.398 e. The van der Waals surface area contributed by atoms with E-state index >= 15 is 0 Å². The summed E-state index contributed by atoms with van der Waals surface area (Å²) >= 11 is 3.28. The summed E-state index contributed by atoms with van der Waals surface area (Å²) in [5, 5.41) is 0. The fourth-order valence-electron chi connectivity index (χ4n) is 2.78. The number of nitrogen functional groups attached to an aromatic ring is 1. The highest BCUT2D eigenvalue weighted by Crippen LogP contribution is 2.25. The van der Waals surface area contributed by atoms with E-state index in [0.29, 0.717) is 22.7 Å². The first-order valence-electron chi connectivity index (χ1n) is 7.11. The number of halogens is 1. The Balaban J connectivity index is 2.16. The van der Waals surface area contributed by atoms with Crippen LogP contribution in [-0.4, -0.2) is 50.3 Å². The van der Waals surface area contributed by atoms with Gasteiger partial charge in [0.1, 0.15) is 0 Å². The number of hydrogen-bond donors (Lipinski definition) is 1. The molecule has 2 N–H and O–H groups in total. The van der Waals surface area contributed by atoms with Gasteiger partial charge in [0.2, 0.25) is 10.0 Å². The molecule has 0 spiro atoms. The van der Waals surface area contributed by atoms with Crippen molar-refractivity contribution in [2.24, 2.45) is 0 Å². The second kappa shape index (κ2) is 6.64. The molecule has 118 valence electrons. The summed E-state index contributed by atoms with van der Waals surface area (Å²) in [6, 6.07) is 5.06. The molecule has 0 saturated carbocycles.